The predicted molar refractivity (Wildman–Crippen MR) is 117 cm³/mol. The first-order valence-electron chi connectivity index (χ1n) is 9.16. The Hall–Kier alpha value is -3.49. The summed E-state index contributed by atoms with van der Waals surface area (Å²) in [6.07, 6.45) is 0. The number of hydrogen-bond donors (Lipinski definition) is 2. The number of pyridine rings is 2. The number of nitrogens with zero attached hydrogens (tertiary/aromatic N) is 1. The van der Waals surface area contributed by atoms with Crippen molar-refractivity contribution < 1.29 is 13.0 Å². The Morgan fingerprint density at radius 3 is 2.30 bits per heavy atom. The molecule has 3 aromatic carbocycles. The molecule has 8 heteroatoms. The van der Waals surface area contributed by atoms with Crippen molar-refractivity contribution in [1.29, 1.82) is 0 Å². The summed E-state index contributed by atoms with van der Waals surface area (Å²) in [6.45, 7) is 1.65. The molecule has 2 heterocycles. The standard InChI is InChI=1S/C22H16N2O5S/c1-11-7-15-20(19(8-11)30(27,28)29)24(2)18-10-13-17(9-14(18)22(15)26)23-16-6-4-3-5-12(16)21(13)25/h3-10H,1-2H3,(H,23,25)(H,27,28,29). The van der Waals surface area contributed by atoms with E-state index in [0.717, 1.165) is 0 Å². The smallest absolute Gasteiger partial charge is 0.296 e. The number of fused-ring (bicyclic) bond motifs is 4. The highest BCUT2D eigenvalue weighted by molar-refractivity contribution is 7.86. The molecule has 0 bridgehead atoms. The fraction of sp³-hybridized carbons (Fsp3) is 0.0909. The van der Waals surface area contributed by atoms with Crippen LogP contribution < -0.4 is 10.9 Å². The lowest BCUT2D eigenvalue weighted by atomic mass is 10.0. The maximum Gasteiger partial charge on any atom is 0.296 e. The molecule has 0 radical (unpaired) electrons. The average molecular weight is 420 g/mol. The summed E-state index contributed by atoms with van der Waals surface area (Å²) < 4.78 is 35.3. The van der Waals surface area contributed by atoms with Crippen LogP contribution in [0.15, 0.2) is 63.0 Å². The van der Waals surface area contributed by atoms with Gasteiger partial charge in [0.1, 0.15) is 4.90 Å². The van der Waals surface area contributed by atoms with E-state index in [1.165, 1.54) is 10.6 Å². The highest BCUT2D eigenvalue weighted by atomic mass is 32.2. The van der Waals surface area contributed by atoms with Gasteiger partial charge in [-0.3, -0.25) is 14.1 Å². The van der Waals surface area contributed by atoms with Crippen molar-refractivity contribution in [1.82, 2.24) is 9.55 Å². The van der Waals surface area contributed by atoms with E-state index >= 15 is 0 Å². The second-order valence-corrected chi connectivity index (χ2v) is 8.83. The summed E-state index contributed by atoms with van der Waals surface area (Å²) in [6, 6.07) is 13.2. The van der Waals surface area contributed by atoms with Gasteiger partial charge < -0.3 is 9.55 Å². The molecule has 5 aromatic rings. The molecule has 0 fully saturated rings. The van der Waals surface area contributed by atoms with Crippen molar-refractivity contribution in [3.63, 3.8) is 0 Å². The Balaban J connectivity index is 2.08. The molecule has 0 unspecified atom stereocenters. The summed E-state index contributed by atoms with van der Waals surface area (Å²) in [5.41, 5.74) is 1.65. The topological polar surface area (TPSA) is 109 Å². The van der Waals surface area contributed by atoms with Crippen LogP contribution in [-0.4, -0.2) is 22.5 Å². The highest BCUT2D eigenvalue weighted by Gasteiger charge is 2.21. The minimum atomic E-state index is -4.57. The molecule has 2 aromatic heterocycles. The first-order valence-corrected chi connectivity index (χ1v) is 10.6. The van der Waals surface area contributed by atoms with Crippen molar-refractivity contribution >= 4 is 53.7 Å². The number of hydrogen-bond acceptors (Lipinski definition) is 4. The van der Waals surface area contributed by atoms with Crippen molar-refractivity contribution in [3.05, 3.63) is 74.5 Å². The molecule has 0 saturated carbocycles. The van der Waals surface area contributed by atoms with Crippen LogP contribution in [0.25, 0.3) is 43.6 Å². The number of rotatable bonds is 1. The Labute approximate surface area is 169 Å². The molecule has 0 aliphatic carbocycles. The minimum absolute atomic E-state index is 0.0946. The zero-order chi connectivity index (χ0) is 21.4. The Morgan fingerprint density at radius 2 is 1.57 bits per heavy atom. The molecule has 0 aliphatic heterocycles. The number of aromatic nitrogens is 2. The number of benzene rings is 3. The van der Waals surface area contributed by atoms with Gasteiger partial charge in [-0.2, -0.15) is 8.42 Å². The number of aryl methyl sites for hydroxylation is 2. The summed E-state index contributed by atoms with van der Waals surface area (Å²) in [4.78, 5) is 29.2. The number of aromatic amines is 1. The molecule has 0 amide bonds. The zero-order valence-electron chi connectivity index (χ0n) is 16.1. The Morgan fingerprint density at radius 1 is 0.867 bits per heavy atom. The predicted octanol–water partition coefficient (Wildman–Crippen LogP) is 3.24. The first kappa shape index (κ1) is 18.5. The molecule has 0 saturated heterocycles. The third-order valence-electron chi connectivity index (χ3n) is 5.50. The lowest BCUT2D eigenvalue weighted by molar-refractivity contribution is 0.483. The van der Waals surface area contributed by atoms with Gasteiger partial charge in [0.25, 0.3) is 10.1 Å². The lowest BCUT2D eigenvalue weighted by Gasteiger charge is -2.15. The third kappa shape index (κ3) is 2.51. The van der Waals surface area contributed by atoms with E-state index in [1.54, 1.807) is 50.4 Å². The average Bonchev–Trinajstić information content (AvgIpc) is 2.70. The third-order valence-corrected chi connectivity index (χ3v) is 6.37. The van der Waals surface area contributed by atoms with Gasteiger partial charge in [0.15, 0.2) is 10.9 Å². The van der Waals surface area contributed by atoms with E-state index in [1.807, 2.05) is 6.07 Å². The number of nitrogens with one attached hydrogen (secondary N) is 1. The van der Waals surface area contributed by atoms with Gasteiger partial charge in [0.2, 0.25) is 0 Å². The molecule has 0 atom stereocenters. The fourth-order valence-electron chi connectivity index (χ4n) is 4.15. The molecular formula is C22H16N2O5S. The summed E-state index contributed by atoms with van der Waals surface area (Å²) in [5.74, 6) is 0. The second kappa shape index (κ2) is 6.01. The van der Waals surface area contributed by atoms with Crippen molar-refractivity contribution in [2.75, 3.05) is 0 Å². The molecule has 30 heavy (non-hydrogen) atoms. The quantitative estimate of drug-likeness (QED) is 0.320. The van der Waals surface area contributed by atoms with Crippen LogP contribution in [0.1, 0.15) is 5.56 Å². The normalized spacial score (nSPS) is 12.4. The molecule has 150 valence electrons. The van der Waals surface area contributed by atoms with E-state index < -0.39 is 10.1 Å². The molecule has 0 spiro atoms. The molecular weight excluding hydrogens is 404 g/mol. The van der Waals surface area contributed by atoms with Gasteiger partial charge in [-0.25, -0.2) is 0 Å². The van der Waals surface area contributed by atoms with Crippen LogP contribution in [0, 0.1) is 6.92 Å². The van der Waals surface area contributed by atoms with E-state index in [2.05, 4.69) is 4.98 Å². The molecule has 5 rings (SSSR count). The Bertz CT molecular complexity index is 1780. The first-order chi connectivity index (χ1) is 14.2. The minimum Gasteiger partial charge on any atom is -0.354 e. The fourth-order valence-corrected chi connectivity index (χ4v) is 4.97. The number of para-hydroxylation sites is 1. The second-order valence-electron chi connectivity index (χ2n) is 7.44. The number of H-pyrrole nitrogens is 1. The van der Waals surface area contributed by atoms with E-state index in [0.29, 0.717) is 38.3 Å². The van der Waals surface area contributed by atoms with Crippen LogP contribution in [-0.2, 0) is 17.2 Å². The molecule has 0 aliphatic rings. The largest absolute Gasteiger partial charge is 0.354 e. The van der Waals surface area contributed by atoms with Crippen LogP contribution >= 0.6 is 0 Å². The van der Waals surface area contributed by atoms with E-state index in [9.17, 15) is 22.6 Å². The van der Waals surface area contributed by atoms with Gasteiger partial charge >= 0.3 is 0 Å². The van der Waals surface area contributed by atoms with Gasteiger partial charge in [-0.15, -0.1) is 0 Å². The van der Waals surface area contributed by atoms with Crippen LogP contribution in [0.4, 0.5) is 0 Å². The maximum atomic E-state index is 13.3. The van der Waals surface area contributed by atoms with E-state index in [-0.39, 0.29) is 26.7 Å². The zero-order valence-corrected chi connectivity index (χ0v) is 16.9. The van der Waals surface area contributed by atoms with Crippen molar-refractivity contribution in [2.45, 2.75) is 11.8 Å². The molecule has 2 N–H and O–H groups in total. The van der Waals surface area contributed by atoms with Crippen molar-refractivity contribution in [2.24, 2.45) is 7.05 Å². The SMILES string of the molecule is Cc1cc(S(=O)(=O)O)c2c(c1)c(=O)c1cc3[nH]c4ccccc4c(=O)c3cc1n2C. The van der Waals surface area contributed by atoms with Gasteiger partial charge in [0, 0.05) is 34.1 Å². The molecule has 7 nitrogen and oxygen atoms in total. The van der Waals surface area contributed by atoms with Gasteiger partial charge in [-0.1, -0.05) is 12.1 Å². The summed E-state index contributed by atoms with van der Waals surface area (Å²) in [5, 5.41) is 1.43. The van der Waals surface area contributed by atoms with Gasteiger partial charge in [-0.05, 0) is 48.9 Å². The summed E-state index contributed by atoms with van der Waals surface area (Å²) in [7, 11) is -2.96. The van der Waals surface area contributed by atoms with Gasteiger partial charge in [0.05, 0.1) is 16.6 Å². The van der Waals surface area contributed by atoms with Crippen molar-refractivity contribution in [3.8, 4) is 0 Å². The van der Waals surface area contributed by atoms with Crippen LogP contribution in [0.3, 0.4) is 0 Å². The highest BCUT2D eigenvalue weighted by Crippen LogP contribution is 2.28. The van der Waals surface area contributed by atoms with E-state index in [4.69, 9.17) is 0 Å². The van der Waals surface area contributed by atoms with Crippen LogP contribution in [0.2, 0.25) is 0 Å². The maximum absolute atomic E-state index is 13.3. The van der Waals surface area contributed by atoms with Crippen LogP contribution in [0.5, 0.6) is 0 Å². The summed E-state index contributed by atoms with van der Waals surface area (Å²) >= 11 is 0. The lowest BCUT2D eigenvalue weighted by Crippen LogP contribution is -2.14. The Kier molecular flexibility index (Phi) is 3.71. The monoisotopic (exact) mass is 420 g/mol.